The highest BCUT2D eigenvalue weighted by Gasteiger charge is 2.10. The van der Waals surface area contributed by atoms with Crippen molar-refractivity contribution in [3.8, 4) is 5.75 Å². The number of hydrogen-bond donors (Lipinski definition) is 1. The van der Waals surface area contributed by atoms with Crippen LogP contribution < -0.4 is 10.1 Å². The van der Waals surface area contributed by atoms with E-state index in [1.807, 2.05) is 43.3 Å². The summed E-state index contributed by atoms with van der Waals surface area (Å²) < 4.78 is 5.15. The molecule has 138 valence electrons. The van der Waals surface area contributed by atoms with Crippen LogP contribution >= 0.6 is 0 Å². The van der Waals surface area contributed by atoms with Gasteiger partial charge in [-0.1, -0.05) is 29.8 Å². The highest BCUT2D eigenvalue weighted by atomic mass is 16.5. The molecular weight excluding hydrogens is 328 g/mol. The van der Waals surface area contributed by atoms with Gasteiger partial charge in [0.1, 0.15) is 5.75 Å². The van der Waals surface area contributed by atoms with E-state index < -0.39 is 0 Å². The van der Waals surface area contributed by atoms with Crippen molar-refractivity contribution in [2.75, 3.05) is 26.7 Å². The molecule has 5 nitrogen and oxygen atoms in total. The standard InChI is InChI=1S/C21H26N2O3/c1-16-4-8-19(9-5-16)21(25)22-13-15-23(17(2)24)14-12-18-6-10-20(26-3)11-7-18/h4-11H,12-15H2,1-3H3,(H,22,25). The van der Waals surface area contributed by atoms with Gasteiger partial charge in [0.25, 0.3) is 5.91 Å². The molecule has 0 fully saturated rings. The van der Waals surface area contributed by atoms with Crippen molar-refractivity contribution in [3.63, 3.8) is 0 Å². The molecule has 26 heavy (non-hydrogen) atoms. The van der Waals surface area contributed by atoms with E-state index >= 15 is 0 Å². The first-order chi connectivity index (χ1) is 12.5. The molecule has 0 saturated heterocycles. The van der Waals surface area contributed by atoms with Crippen molar-refractivity contribution in [1.82, 2.24) is 10.2 Å². The predicted octanol–water partition coefficient (Wildman–Crippen LogP) is 2.82. The Balaban J connectivity index is 1.80. The Morgan fingerprint density at radius 1 is 1.00 bits per heavy atom. The molecule has 2 aromatic rings. The lowest BCUT2D eigenvalue weighted by molar-refractivity contribution is -0.128. The van der Waals surface area contributed by atoms with E-state index in [-0.39, 0.29) is 11.8 Å². The van der Waals surface area contributed by atoms with Gasteiger partial charge in [-0.2, -0.15) is 0 Å². The highest BCUT2D eigenvalue weighted by Crippen LogP contribution is 2.12. The van der Waals surface area contributed by atoms with Crippen LogP contribution in [0, 0.1) is 6.92 Å². The number of benzene rings is 2. The van der Waals surface area contributed by atoms with E-state index in [9.17, 15) is 9.59 Å². The van der Waals surface area contributed by atoms with Gasteiger partial charge in [0.15, 0.2) is 0 Å². The number of ether oxygens (including phenoxy) is 1. The first-order valence-corrected chi connectivity index (χ1v) is 8.73. The molecule has 2 amide bonds. The molecule has 0 saturated carbocycles. The lowest BCUT2D eigenvalue weighted by Crippen LogP contribution is -2.38. The third-order valence-electron chi connectivity index (χ3n) is 4.26. The molecule has 1 N–H and O–H groups in total. The van der Waals surface area contributed by atoms with Crippen LogP contribution in [0.15, 0.2) is 48.5 Å². The number of nitrogens with zero attached hydrogens (tertiary/aromatic N) is 1. The second-order valence-electron chi connectivity index (χ2n) is 6.23. The van der Waals surface area contributed by atoms with E-state index in [0.717, 1.165) is 23.3 Å². The average molecular weight is 354 g/mol. The molecule has 2 aromatic carbocycles. The van der Waals surface area contributed by atoms with Gasteiger partial charge in [-0.15, -0.1) is 0 Å². The van der Waals surface area contributed by atoms with Crippen LogP contribution in [0.1, 0.15) is 28.4 Å². The number of amides is 2. The van der Waals surface area contributed by atoms with Crippen LogP contribution in [0.5, 0.6) is 5.75 Å². The number of hydrogen-bond acceptors (Lipinski definition) is 3. The smallest absolute Gasteiger partial charge is 0.251 e. The normalized spacial score (nSPS) is 10.3. The minimum absolute atomic E-state index is 0.00287. The van der Waals surface area contributed by atoms with Gasteiger partial charge in [0.2, 0.25) is 5.91 Å². The summed E-state index contributed by atoms with van der Waals surface area (Å²) in [6.45, 7) is 5.06. The zero-order valence-corrected chi connectivity index (χ0v) is 15.6. The summed E-state index contributed by atoms with van der Waals surface area (Å²) in [6, 6.07) is 15.2. The molecule has 0 heterocycles. The van der Waals surface area contributed by atoms with Crippen molar-refractivity contribution in [2.45, 2.75) is 20.3 Å². The fourth-order valence-corrected chi connectivity index (χ4v) is 2.59. The van der Waals surface area contributed by atoms with Crippen LogP contribution in [0.4, 0.5) is 0 Å². The SMILES string of the molecule is COc1ccc(CCN(CCNC(=O)c2ccc(C)cc2)C(C)=O)cc1. The maximum absolute atomic E-state index is 12.1. The summed E-state index contributed by atoms with van der Waals surface area (Å²) in [6.07, 6.45) is 0.759. The van der Waals surface area contributed by atoms with E-state index in [0.29, 0.717) is 25.2 Å². The first kappa shape index (κ1) is 19.5. The molecule has 0 aliphatic carbocycles. The second kappa shape index (κ2) is 9.61. The lowest BCUT2D eigenvalue weighted by Gasteiger charge is -2.21. The summed E-state index contributed by atoms with van der Waals surface area (Å²) >= 11 is 0. The van der Waals surface area contributed by atoms with Gasteiger partial charge in [0.05, 0.1) is 7.11 Å². The molecule has 2 rings (SSSR count). The van der Waals surface area contributed by atoms with E-state index in [2.05, 4.69) is 5.32 Å². The quantitative estimate of drug-likeness (QED) is 0.793. The molecule has 0 bridgehead atoms. The predicted molar refractivity (Wildman–Crippen MR) is 102 cm³/mol. The monoisotopic (exact) mass is 354 g/mol. The van der Waals surface area contributed by atoms with Gasteiger partial charge < -0.3 is 15.0 Å². The van der Waals surface area contributed by atoms with E-state index in [1.165, 1.54) is 0 Å². The molecule has 0 aliphatic rings. The summed E-state index contributed by atoms with van der Waals surface area (Å²) in [5, 5.41) is 2.87. The Morgan fingerprint density at radius 2 is 1.65 bits per heavy atom. The minimum Gasteiger partial charge on any atom is -0.497 e. The zero-order valence-electron chi connectivity index (χ0n) is 15.6. The second-order valence-corrected chi connectivity index (χ2v) is 6.23. The third-order valence-corrected chi connectivity index (χ3v) is 4.26. The number of carbonyl (C=O) groups is 2. The van der Waals surface area contributed by atoms with Crippen LogP contribution in [0.2, 0.25) is 0 Å². The van der Waals surface area contributed by atoms with Gasteiger partial charge in [-0.25, -0.2) is 0 Å². The van der Waals surface area contributed by atoms with Crippen LogP contribution in [0.3, 0.4) is 0 Å². The highest BCUT2D eigenvalue weighted by molar-refractivity contribution is 5.94. The van der Waals surface area contributed by atoms with Crippen LogP contribution in [-0.2, 0) is 11.2 Å². The van der Waals surface area contributed by atoms with E-state index in [1.54, 1.807) is 31.1 Å². The van der Waals surface area contributed by atoms with Crippen molar-refractivity contribution in [3.05, 3.63) is 65.2 Å². The number of methoxy groups -OCH3 is 1. The minimum atomic E-state index is -0.122. The molecule has 0 spiro atoms. The Kier molecular flexibility index (Phi) is 7.21. The Bertz CT molecular complexity index is 724. The van der Waals surface area contributed by atoms with Gasteiger partial charge in [-0.05, 0) is 43.2 Å². The molecule has 0 aromatic heterocycles. The fourth-order valence-electron chi connectivity index (χ4n) is 2.59. The molecule has 0 atom stereocenters. The lowest BCUT2D eigenvalue weighted by atomic mass is 10.1. The molecule has 0 aliphatic heterocycles. The molecule has 0 unspecified atom stereocenters. The Labute approximate surface area is 155 Å². The molecular formula is C21H26N2O3. The summed E-state index contributed by atoms with van der Waals surface area (Å²) in [4.78, 5) is 25.7. The van der Waals surface area contributed by atoms with Gasteiger partial charge in [-0.3, -0.25) is 9.59 Å². The van der Waals surface area contributed by atoms with E-state index in [4.69, 9.17) is 4.74 Å². The summed E-state index contributed by atoms with van der Waals surface area (Å²) in [7, 11) is 1.64. The average Bonchev–Trinajstić information content (AvgIpc) is 2.65. The number of aryl methyl sites for hydroxylation is 1. The molecule has 0 radical (unpaired) electrons. The summed E-state index contributed by atoms with van der Waals surface area (Å²) in [5.41, 5.74) is 2.88. The Hall–Kier alpha value is -2.82. The fraction of sp³-hybridized carbons (Fsp3) is 0.333. The van der Waals surface area contributed by atoms with Crippen molar-refractivity contribution >= 4 is 11.8 Å². The number of rotatable bonds is 8. The maximum Gasteiger partial charge on any atom is 0.251 e. The zero-order chi connectivity index (χ0) is 18.9. The molecule has 5 heteroatoms. The van der Waals surface area contributed by atoms with Crippen LogP contribution in [-0.4, -0.2) is 43.5 Å². The largest absolute Gasteiger partial charge is 0.497 e. The Morgan fingerprint density at radius 3 is 2.23 bits per heavy atom. The van der Waals surface area contributed by atoms with Crippen molar-refractivity contribution < 1.29 is 14.3 Å². The first-order valence-electron chi connectivity index (χ1n) is 8.73. The summed E-state index contributed by atoms with van der Waals surface area (Å²) in [5.74, 6) is 0.697. The maximum atomic E-state index is 12.1. The van der Waals surface area contributed by atoms with Gasteiger partial charge >= 0.3 is 0 Å². The number of carbonyl (C=O) groups excluding carboxylic acids is 2. The van der Waals surface area contributed by atoms with Crippen LogP contribution in [0.25, 0.3) is 0 Å². The van der Waals surface area contributed by atoms with Crippen molar-refractivity contribution in [2.24, 2.45) is 0 Å². The third kappa shape index (κ3) is 5.92. The van der Waals surface area contributed by atoms with Crippen molar-refractivity contribution in [1.29, 1.82) is 0 Å². The topological polar surface area (TPSA) is 58.6 Å². The number of nitrogens with one attached hydrogen (secondary N) is 1. The van der Waals surface area contributed by atoms with Gasteiger partial charge in [0, 0.05) is 32.1 Å².